The van der Waals surface area contributed by atoms with Crippen LogP contribution in [0.1, 0.15) is 15.9 Å². The van der Waals surface area contributed by atoms with Crippen LogP contribution in [-0.2, 0) is 6.54 Å². The fourth-order valence-corrected chi connectivity index (χ4v) is 2.46. The number of hydrogen-bond acceptors (Lipinski definition) is 2. The van der Waals surface area contributed by atoms with Gasteiger partial charge in [-0.2, -0.15) is 4.99 Å². The molecule has 2 aromatic rings. The summed E-state index contributed by atoms with van der Waals surface area (Å²) in [7, 11) is 0. The minimum Gasteiger partial charge on any atom is -0.370 e. The summed E-state index contributed by atoms with van der Waals surface area (Å²) in [6.07, 6.45) is 0. The second-order valence-corrected chi connectivity index (χ2v) is 5.07. The third-order valence-electron chi connectivity index (χ3n) is 3.47. The third kappa shape index (κ3) is 2.98. The molecule has 0 atom stereocenters. The highest BCUT2D eigenvalue weighted by Crippen LogP contribution is 2.29. The van der Waals surface area contributed by atoms with Crippen LogP contribution in [0.15, 0.2) is 58.5 Å². The standard InChI is InChI=1S/C16H16N6O/c17-15(18)21-16(19)20-11-5-7-12(8-6-11)22-9-10-3-1-2-4-13(10)14(22)23/h1-8H,9H2,(H6,17,18,19,20,21). The van der Waals surface area contributed by atoms with Crippen molar-refractivity contribution in [2.24, 2.45) is 27.2 Å². The average molecular weight is 308 g/mol. The molecule has 0 aromatic heterocycles. The zero-order valence-electron chi connectivity index (χ0n) is 12.3. The minimum absolute atomic E-state index is 0.00290. The molecule has 0 unspecified atom stereocenters. The topological polar surface area (TPSA) is 123 Å². The van der Waals surface area contributed by atoms with Gasteiger partial charge in [0.15, 0.2) is 5.96 Å². The van der Waals surface area contributed by atoms with Crippen LogP contribution in [0.3, 0.4) is 0 Å². The van der Waals surface area contributed by atoms with Gasteiger partial charge in [-0.1, -0.05) is 18.2 Å². The van der Waals surface area contributed by atoms with Gasteiger partial charge in [0, 0.05) is 11.3 Å². The summed E-state index contributed by atoms with van der Waals surface area (Å²) >= 11 is 0. The predicted molar refractivity (Wildman–Crippen MR) is 90.5 cm³/mol. The van der Waals surface area contributed by atoms with Gasteiger partial charge in [0.05, 0.1) is 12.2 Å². The van der Waals surface area contributed by atoms with E-state index in [4.69, 9.17) is 17.2 Å². The molecule has 116 valence electrons. The quantitative estimate of drug-likeness (QED) is 0.567. The Morgan fingerprint density at radius 3 is 2.35 bits per heavy atom. The Balaban J connectivity index is 1.82. The Bertz CT molecular complexity index is 806. The largest absolute Gasteiger partial charge is 0.370 e. The molecule has 1 heterocycles. The van der Waals surface area contributed by atoms with Crippen LogP contribution in [0.2, 0.25) is 0 Å². The molecular weight excluding hydrogens is 292 g/mol. The third-order valence-corrected chi connectivity index (χ3v) is 3.47. The monoisotopic (exact) mass is 308 g/mol. The maximum absolute atomic E-state index is 12.4. The number of hydrogen-bond donors (Lipinski definition) is 3. The lowest BCUT2D eigenvalue weighted by atomic mass is 10.1. The van der Waals surface area contributed by atoms with Gasteiger partial charge >= 0.3 is 0 Å². The van der Waals surface area contributed by atoms with Crippen LogP contribution < -0.4 is 22.1 Å². The second kappa shape index (κ2) is 5.80. The van der Waals surface area contributed by atoms with E-state index in [1.165, 1.54) is 0 Å². The normalized spacial score (nSPS) is 13.8. The molecule has 0 aliphatic carbocycles. The van der Waals surface area contributed by atoms with Gasteiger partial charge in [-0.05, 0) is 35.9 Å². The van der Waals surface area contributed by atoms with Crippen molar-refractivity contribution in [1.82, 2.24) is 0 Å². The van der Waals surface area contributed by atoms with Crippen LogP contribution in [0, 0.1) is 0 Å². The molecule has 3 rings (SSSR count). The van der Waals surface area contributed by atoms with Crippen LogP contribution in [0.5, 0.6) is 0 Å². The molecule has 1 aliphatic heterocycles. The number of anilines is 1. The van der Waals surface area contributed by atoms with Crippen molar-refractivity contribution in [3.63, 3.8) is 0 Å². The minimum atomic E-state index is -0.150. The fraction of sp³-hybridized carbons (Fsp3) is 0.0625. The van der Waals surface area contributed by atoms with Crippen molar-refractivity contribution >= 4 is 29.2 Å². The molecule has 0 saturated heterocycles. The van der Waals surface area contributed by atoms with Crippen molar-refractivity contribution in [2.75, 3.05) is 4.90 Å². The number of nitrogens with zero attached hydrogens (tertiary/aromatic N) is 3. The summed E-state index contributed by atoms with van der Waals surface area (Å²) in [5, 5.41) is 0. The molecule has 7 heteroatoms. The highest BCUT2D eigenvalue weighted by atomic mass is 16.2. The second-order valence-electron chi connectivity index (χ2n) is 5.07. The Morgan fingerprint density at radius 2 is 1.70 bits per heavy atom. The number of fused-ring (bicyclic) bond motifs is 1. The predicted octanol–water partition coefficient (Wildman–Crippen LogP) is 1.07. The van der Waals surface area contributed by atoms with Crippen molar-refractivity contribution in [3.05, 3.63) is 59.7 Å². The number of amides is 1. The number of aliphatic imine (C=N–C) groups is 2. The molecule has 0 spiro atoms. The van der Waals surface area contributed by atoms with Crippen LogP contribution in [0.25, 0.3) is 0 Å². The number of carbonyl (C=O) groups excluding carboxylic acids is 1. The lowest BCUT2D eigenvalue weighted by Gasteiger charge is -2.15. The van der Waals surface area contributed by atoms with E-state index in [9.17, 15) is 4.79 Å². The smallest absolute Gasteiger partial charge is 0.258 e. The van der Waals surface area contributed by atoms with Gasteiger partial charge in [0.25, 0.3) is 5.91 Å². The van der Waals surface area contributed by atoms with Gasteiger partial charge in [0.2, 0.25) is 5.96 Å². The zero-order chi connectivity index (χ0) is 16.4. The van der Waals surface area contributed by atoms with Crippen LogP contribution in [-0.4, -0.2) is 17.8 Å². The lowest BCUT2D eigenvalue weighted by molar-refractivity contribution is 0.0996. The van der Waals surface area contributed by atoms with Crippen molar-refractivity contribution in [2.45, 2.75) is 6.54 Å². The first-order valence-corrected chi connectivity index (χ1v) is 6.98. The Hall–Kier alpha value is -3.35. The number of guanidine groups is 2. The number of benzene rings is 2. The van der Waals surface area contributed by atoms with Gasteiger partial charge in [0.1, 0.15) is 0 Å². The first-order chi connectivity index (χ1) is 11.0. The first-order valence-electron chi connectivity index (χ1n) is 6.98. The molecule has 1 aliphatic rings. The van der Waals surface area contributed by atoms with Crippen molar-refractivity contribution < 1.29 is 4.79 Å². The Morgan fingerprint density at radius 1 is 1.00 bits per heavy atom. The van der Waals surface area contributed by atoms with Crippen molar-refractivity contribution in [1.29, 1.82) is 0 Å². The summed E-state index contributed by atoms with van der Waals surface area (Å²) in [5.41, 5.74) is 19.2. The van der Waals surface area contributed by atoms with Gasteiger partial charge in [-0.15, -0.1) is 0 Å². The highest BCUT2D eigenvalue weighted by Gasteiger charge is 2.27. The van der Waals surface area contributed by atoms with E-state index in [0.717, 1.165) is 16.8 Å². The zero-order valence-corrected chi connectivity index (χ0v) is 12.3. The molecule has 0 fully saturated rings. The van der Waals surface area contributed by atoms with E-state index in [-0.39, 0.29) is 17.8 Å². The highest BCUT2D eigenvalue weighted by molar-refractivity contribution is 6.10. The van der Waals surface area contributed by atoms with E-state index >= 15 is 0 Å². The summed E-state index contributed by atoms with van der Waals surface area (Å²) in [4.78, 5) is 21.8. The van der Waals surface area contributed by atoms with E-state index in [1.807, 2.05) is 36.4 Å². The first kappa shape index (κ1) is 14.6. The summed E-state index contributed by atoms with van der Waals surface area (Å²) in [6, 6.07) is 14.7. The summed E-state index contributed by atoms with van der Waals surface area (Å²) in [6.45, 7) is 0.563. The molecular formula is C16H16N6O. The molecule has 0 saturated carbocycles. The van der Waals surface area contributed by atoms with E-state index in [0.29, 0.717) is 12.2 Å². The molecule has 7 nitrogen and oxygen atoms in total. The van der Waals surface area contributed by atoms with Crippen LogP contribution >= 0.6 is 0 Å². The number of carbonyl (C=O) groups is 1. The van der Waals surface area contributed by atoms with E-state index < -0.39 is 0 Å². The van der Waals surface area contributed by atoms with Gasteiger partial charge in [-0.25, -0.2) is 4.99 Å². The van der Waals surface area contributed by atoms with E-state index in [2.05, 4.69) is 9.98 Å². The maximum atomic E-state index is 12.4. The summed E-state index contributed by atoms with van der Waals surface area (Å²) < 4.78 is 0. The Kier molecular flexibility index (Phi) is 3.68. The molecule has 0 bridgehead atoms. The lowest BCUT2D eigenvalue weighted by Crippen LogP contribution is -2.26. The maximum Gasteiger partial charge on any atom is 0.258 e. The molecule has 0 radical (unpaired) electrons. The average Bonchev–Trinajstić information content (AvgIpc) is 2.85. The van der Waals surface area contributed by atoms with Gasteiger partial charge in [-0.3, -0.25) is 4.79 Å². The molecule has 6 N–H and O–H groups in total. The number of rotatable bonds is 2. The Labute approximate surface area is 133 Å². The van der Waals surface area contributed by atoms with Gasteiger partial charge < -0.3 is 22.1 Å². The SMILES string of the molecule is NC(N)=NC(N)=Nc1ccc(N2Cc3ccccc3C2=O)cc1. The summed E-state index contributed by atoms with van der Waals surface area (Å²) in [5.74, 6) is -0.178. The fourth-order valence-electron chi connectivity index (χ4n) is 2.46. The molecule has 23 heavy (non-hydrogen) atoms. The number of nitrogens with two attached hydrogens (primary N) is 3. The molecule has 1 amide bonds. The molecule has 2 aromatic carbocycles. The van der Waals surface area contributed by atoms with Crippen molar-refractivity contribution in [3.8, 4) is 0 Å². The van der Waals surface area contributed by atoms with Crippen LogP contribution in [0.4, 0.5) is 11.4 Å². The van der Waals surface area contributed by atoms with E-state index in [1.54, 1.807) is 17.0 Å².